The lowest BCUT2D eigenvalue weighted by Gasteiger charge is -1.72. The van der Waals surface area contributed by atoms with Gasteiger partial charge in [-0.3, -0.25) is 0 Å². The highest BCUT2D eigenvalue weighted by atomic mass is 32.1. The Morgan fingerprint density at radius 2 is 2.62 bits per heavy atom. The van der Waals surface area contributed by atoms with Gasteiger partial charge in [0.15, 0.2) is 0 Å². The first kappa shape index (κ1) is 4.03. The van der Waals surface area contributed by atoms with E-state index < -0.39 is 0 Å². The lowest BCUT2D eigenvalue weighted by atomic mass is 10.4. The summed E-state index contributed by atoms with van der Waals surface area (Å²) in [7, 11) is 0. The molecule has 0 amide bonds. The molecule has 0 aromatic rings. The molecule has 2 aliphatic rings. The molecule has 0 aliphatic carbocycles. The molecule has 0 fully saturated rings. The number of hydrogen-bond acceptors (Lipinski definition) is 3. The third-order valence-corrected chi connectivity index (χ3v) is 1.65. The average Bonchev–Trinajstić information content (AvgIpc) is 2.15. The molecule has 2 heterocycles. The molecular weight excluding hydrogens is 122 g/mol. The van der Waals surface area contributed by atoms with Crippen LogP contribution in [0, 0.1) is 0 Å². The normalized spacial score (nSPS) is 10.5. The van der Waals surface area contributed by atoms with Gasteiger partial charge in [-0.05, 0) is 0 Å². The van der Waals surface area contributed by atoms with E-state index in [1.165, 1.54) is 11.5 Å². The number of nitrogens with one attached hydrogen (secondary N) is 1. The van der Waals surface area contributed by atoms with Crippen molar-refractivity contribution < 1.29 is 0 Å². The Morgan fingerprint density at radius 1 is 1.62 bits per heavy atom. The molecule has 8 heavy (non-hydrogen) atoms. The van der Waals surface area contributed by atoms with Gasteiger partial charge in [-0.2, -0.15) is 5.10 Å². The van der Waals surface area contributed by atoms with Crippen molar-refractivity contribution in [3.63, 3.8) is 0 Å². The van der Waals surface area contributed by atoms with Crippen molar-refractivity contribution in [2.75, 3.05) is 0 Å². The summed E-state index contributed by atoms with van der Waals surface area (Å²) in [5.74, 6) is 0. The maximum absolute atomic E-state index is 3.81. The minimum absolute atomic E-state index is 0.954. The maximum atomic E-state index is 3.81. The van der Waals surface area contributed by atoms with Crippen LogP contribution in [0.25, 0.3) is 11.4 Å². The molecule has 0 atom stereocenters. The Bertz CT molecular complexity index is 203. The summed E-state index contributed by atoms with van der Waals surface area (Å²) < 4.78 is 3.02. The number of rotatable bonds is 0. The second-order valence-electron chi connectivity index (χ2n) is 1.48. The highest BCUT2D eigenvalue weighted by molar-refractivity contribution is 7.04. The van der Waals surface area contributed by atoms with Crippen LogP contribution in [0.5, 0.6) is 0 Å². The first-order chi connectivity index (χ1) is 3.97. The third-order valence-electron chi connectivity index (χ3n) is 0.968. The summed E-state index contributed by atoms with van der Waals surface area (Å²) in [6.45, 7) is 0. The molecule has 0 saturated heterocycles. The summed E-state index contributed by atoms with van der Waals surface area (Å²) in [4.78, 5) is 0. The highest BCUT2D eigenvalue weighted by Gasteiger charge is 2.02. The van der Waals surface area contributed by atoms with Crippen LogP contribution in [0.4, 0.5) is 0 Å². The molecule has 0 spiro atoms. The van der Waals surface area contributed by atoms with E-state index in [-0.39, 0.29) is 0 Å². The van der Waals surface area contributed by atoms with Crippen LogP contribution >= 0.6 is 11.5 Å². The van der Waals surface area contributed by atoms with E-state index >= 15 is 0 Å². The topological polar surface area (TPSA) is 41.6 Å². The summed E-state index contributed by atoms with van der Waals surface area (Å²) >= 11 is 1.53. The van der Waals surface area contributed by atoms with Gasteiger partial charge >= 0.3 is 0 Å². The van der Waals surface area contributed by atoms with E-state index in [9.17, 15) is 0 Å². The largest absolute Gasteiger partial charge is 0.308 e. The summed E-state index contributed by atoms with van der Waals surface area (Å²) in [6.07, 6.45) is 1.71. The van der Waals surface area contributed by atoms with Crippen LogP contribution in [0.3, 0.4) is 0 Å². The lowest BCUT2D eigenvalue weighted by Crippen LogP contribution is -1.64. The molecule has 3 nitrogen and oxygen atoms in total. The number of hydrogen-bond donors (Lipinski definition) is 1. The van der Waals surface area contributed by atoms with Crippen molar-refractivity contribution in [2.45, 2.75) is 0 Å². The Labute approximate surface area is 49.9 Å². The number of H-pyrrole nitrogens is 1. The quantitative estimate of drug-likeness (QED) is 0.570. The monoisotopic (exact) mass is 125 g/mol. The van der Waals surface area contributed by atoms with Gasteiger partial charge < -0.3 is 4.37 Å². The van der Waals surface area contributed by atoms with Crippen molar-refractivity contribution in [1.82, 2.24) is 14.6 Å². The molecule has 0 bridgehead atoms. The number of nitrogens with zero attached hydrogens (tertiary/aromatic N) is 2. The van der Waals surface area contributed by atoms with Crippen LogP contribution in [-0.2, 0) is 0 Å². The number of aromatic nitrogens is 3. The summed E-state index contributed by atoms with van der Waals surface area (Å²) in [5, 5.41) is 9.43. The van der Waals surface area contributed by atoms with Gasteiger partial charge in [-0.1, -0.05) is 11.5 Å². The van der Waals surface area contributed by atoms with Gasteiger partial charge in [0.1, 0.15) is 5.69 Å². The van der Waals surface area contributed by atoms with Gasteiger partial charge in [-0.15, -0.1) is 5.10 Å². The first-order valence-electron chi connectivity index (χ1n) is 2.20. The fourth-order valence-corrected chi connectivity index (χ4v) is 1.21. The van der Waals surface area contributed by atoms with E-state index in [1.54, 1.807) is 6.20 Å². The van der Waals surface area contributed by atoms with Gasteiger partial charge in [0.25, 0.3) is 0 Å². The standard InChI is InChI=1S/C4H3N3S/c1-3-4(6-5-1)2-8-7-3/h1-2,7H. The zero-order valence-corrected chi connectivity index (χ0v) is 4.77. The molecule has 40 valence electrons. The van der Waals surface area contributed by atoms with Gasteiger partial charge in [0.05, 0.1) is 11.9 Å². The van der Waals surface area contributed by atoms with Gasteiger partial charge in [0.2, 0.25) is 0 Å². The highest BCUT2D eigenvalue weighted by Crippen LogP contribution is 2.17. The minimum atomic E-state index is 0.954. The van der Waals surface area contributed by atoms with Crippen LogP contribution in [0.15, 0.2) is 11.6 Å². The van der Waals surface area contributed by atoms with Crippen molar-refractivity contribution in [3.8, 4) is 11.4 Å². The van der Waals surface area contributed by atoms with E-state index in [0.29, 0.717) is 0 Å². The average molecular weight is 125 g/mol. The fourth-order valence-electron chi connectivity index (χ4n) is 0.583. The maximum Gasteiger partial charge on any atom is 0.123 e. The van der Waals surface area contributed by atoms with Crippen molar-refractivity contribution in [1.29, 1.82) is 0 Å². The van der Waals surface area contributed by atoms with Crippen LogP contribution in [-0.4, -0.2) is 14.6 Å². The molecule has 0 aromatic carbocycles. The predicted octanol–water partition coefficient (Wildman–Crippen LogP) is 0.971. The molecule has 2 rings (SSSR count). The van der Waals surface area contributed by atoms with E-state index in [1.807, 2.05) is 5.38 Å². The van der Waals surface area contributed by atoms with Crippen molar-refractivity contribution in [2.24, 2.45) is 0 Å². The summed E-state index contributed by atoms with van der Waals surface area (Å²) in [5.41, 5.74) is 1.98. The first-order valence-corrected chi connectivity index (χ1v) is 3.08. The second kappa shape index (κ2) is 1.29. The predicted molar refractivity (Wildman–Crippen MR) is 30.9 cm³/mol. The number of aromatic amines is 1. The molecule has 0 unspecified atom stereocenters. The molecule has 1 N–H and O–H groups in total. The van der Waals surface area contributed by atoms with Crippen LogP contribution in [0.2, 0.25) is 0 Å². The summed E-state index contributed by atoms with van der Waals surface area (Å²) in [6, 6.07) is 0. The number of fused-ring (bicyclic) bond motifs is 1. The van der Waals surface area contributed by atoms with E-state index in [2.05, 4.69) is 14.6 Å². The molecule has 0 saturated carbocycles. The SMILES string of the molecule is c1s[nH]c2cnnc1-2. The Hall–Kier alpha value is -0.900. The Balaban J connectivity index is 2.84. The fraction of sp³-hybridized carbons (Fsp3) is 0. The zero-order valence-electron chi connectivity index (χ0n) is 3.96. The van der Waals surface area contributed by atoms with Crippen molar-refractivity contribution >= 4 is 11.5 Å². The van der Waals surface area contributed by atoms with Gasteiger partial charge in [-0.25, -0.2) is 0 Å². The lowest BCUT2D eigenvalue weighted by molar-refractivity contribution is 1.10. The Kier molecular flexibility index (Phi) is 0.648. The third kappa shape index (κ3) is 0.376. The second-order valence-corrected chi connectivity index (χ2v) is 2.16. The van der Waals surface area contributed by atoms with Crippen LogP contribution < -0.4 is 0 Å². The molecule has 0 aromatic heterocycles. The van der Waals surface area contributed by atoms with E-state index in [0.717, 1.165) is 11.4 Å². The molecule has 2 aliphatic heterocycles. The smallest absolute Gasteiger partial charge is 0.123 e. The Morgan fingerprint density at radius 3 is 3.50 bits per heavy atom. The molecular formula is C4H3N3S. The minimum Gasteiger partial charge on any atom is -0.308 e. The molecule has 0 radical (unpaired) electrons. The van der Waals surface area contributed by atoms with Crippen molar-refractivity contribution in [3.05, 3.63) is 11.6 Å². The zero-order chi connectivity index (χ0) is 5.40. The van der Waals surface area contributed by atoms with Gasteiger partial charge in [0, 0.05) is 5.38 Å². The molecule has 4 heteroatoms. The van der Waals surface area contributed by atoms with Crippen LogP contribution in [0.1, 0.15) is 0 Å². The van der Waals surface area contributed by atoms with E-state index in [4.69, 9.17) is 0 Å².